The molecule has 3 aliphatic carbocycles. The first-order chi connectivity index (χ1) is 36.9. The summed E-state index contributed by atoms with van der Waals surface area (Å²) in [6.45, 7) is 14.3. The first-order valence-corrected chi connectivity index (χ1v) is 29.4. The van der Waals surface area contributed by atoms with Crippen LogP contribution in [0.5, 0.6) is 23.0 Å². The Bertz CT molecular complexity index is 4060. The number of benzene rings is 10. The maximum absolute atomic E-state index is 6.73. The van der Waals surface area contributed by atoms with Gasteiger partial charge in [0.1, 0.15) is 0 Å². The highest BCUT2D eigenvalue weighted by molar-refractivity contribution is 8.05. The molecule has 0 radical (unpaired) electrons. The van der Waals surface area contributed by atoms with Crippen LogP contribution in [-0.4, -0.2) is 0 Å². The normalized spacial score (nSPS) is 16.1. The molecule has 76 heavy (non-hydrogen) atoms. The summed E-state index contributed by atoms with van der Waals surface area (Å²) < 4.78 is 13.2. The second-order valence-corrected chi connectivity index (χ2v) is 26.6. The number of anilines is 3. The number of ether oxygens (including phenoxy) is 2. The van der Waals surface area contributed by atoms with Gasteiger partial charge in [-0.25, -0.2) is 0 Å². The number of fused-ring (bicyclic) bond motifs is 18. The molecule has 0 amide bonds. The molecule has 10 aromatic rings. The summed E-state index contributed by atoms with van der Waals surface area (Å²) in [5.41, 5.74) is 21.0. The summed E-state index contributed by atoms with van der Waals surface area (Å²) in [6, 6.07) is 70.1. The van der Waals surface area contributed by atoms with Crippen molar-refractivity contribution < 1.29 is 9.47 Å². The molecule has 0 fully saturated rings. The quantitative estimate of drug-likeness (QED) is 0.173. The van der Waals surface area contributed by atoms with E-state index in [0.29, 0.717) is 0 Å². The lowest BCUT2D eigenvalue weighted by atomic mass is 9.82. The highest BCUT2D eigenvalue weighted by Gasteiger charge is 2.43. The third-order valence-corrected chi connectivity index (χ3v) is 22.3. The molecule has 0 saturated heterocycles. The molecular weight excluding hydrogens is 1000 g/mol. The van der Waals surface area contributed by atoms with Crippen molar-refractivity contribution in [2.45, 2.75) is 97.0 Å². The van der Waals surface area contributed by atoms with Gasteiger partial charge in [0, 0.05) is 89.2 Å². The number of para-hydroxylation sites is 2. The molecule has 0 N–H and O–H groups in total. The molecule has 0 bridgehead atoms. The van der Waals surface area contributed by atoms with Crippen LogP contribution >= 0.6 is 47.0 Å². The van der Waals surface area contributed by atoms with Crippen molar-refractivity contribution in [1.82, 2.24) is 0 Å². The van der Waals surface area contributed by atoms with Crippen molar-refractivity contribution >= 4 is 64.1 Å². The Labute approximate surface area is 461 Å². The zero-order valence-corrected chi connectivity index (χ0v) is 46.1. The topological polar surface area (TPSA) is 21.7 Å². The Morgan fingerprint density at radius 1 is 0.316 bits per heavy atom. The van der Waals surface area contributed by atoms with Crippen molar-refractivity contribution in [1.29, 1.82) is 0 Å². The summed E-state index contributed by atoms with van der Waals surface area (Å²) in [5, 5.41) is 0. The van der Waals surface area contributed by atoms with E-state index in [9.17, 15) is 0 Å². The summed E-state index contributed by atoms with van der Waals surface area (Å²) in [5.74, 6) is 3.01. The molecule has 7 heteroatoms. The fourth-order valence-electron chi connectivity index (χ4n) is 13.2. The van der Waals surface area contributed by atoms with E-state index < -0.39 is 0 Å². The van der Waals surface area contributed by atoms with Crippen LogP contribution in [0.1, 0.15) is 74.9 Å². The summed E-state index contributed by atoms with van der Waals surface area (Å²) in [6.07, 6.45) is 0. The first kappa shape index (κ1) is 45.2. The lowest BCUT2D eigenvalue weighted by molar-refractivity contribution is 0.360. The van der Waals surface area contributed by atoms with Gasteiger partial charge in [-0.3, -0.25) is 0 Å². The van der Waals surface area contributed by atoms with Crippen LogP contribution in [0.25, 0.3) is 44.5 Å². The van der Waals surface area contributed by atoms with E-state index in [1.54, 1.807) is 0 Å². The van der Waals surface area contributed by atoms with E-state index in [-0.39, 0.29) is 16.2 Å². The largest absolute Gasteiger partial charge is 0.449 e. The van der Waals surface area contributed by atoms with Crippen molar-refractivity contribution in [2.75, 3.05) is 4.90 Å². The van der Waals surface area contributed by atoms with E-state index in [1.807, 2.05) is 71.3 Å². The molecule has 3 heterocycles. The van der Waals surface area contributed by atoms with E-state index in [1.165, 1.54) is 111 Å². The molecular formula is C69H49NO2S4. The Morgan fingerprint density at radius 3 is 1.50 bits per heavy atom. The standard InChI is InChI=1S/C69H49NO2S4/c1-67(2)46-16-8-7-14-43(46)61-48(67)31-35-59-66(61)76-64-42(15-13-21-57(64)74-59)38-22-24-39(25-23-38)70(40-26-28-44-50(36-40)68(3,4)47-30-33-54-63(60(44)47)72-53-18-10-9-17-52(53)71-54)41-27-29-45-51(37-41)69(5,6)49-32-34-58-65(62(45)49)75-56-20-12-11-19-55(56)73-58/h7-37H,1-6H3. The number of rotatable bonds is 4. The zero-order chi connectivity index (χ0) is 51.0. The van der Waals surface area contributed by atoms with E-state index in [4.69, 9.17) is 9.47 Å². The molecule has 16 rings (SSSR count). The van der Waals surface area contributed by atoms with Crippen LogP contribution in [0, 0.1) is 0 Å². The molecule has 3 aliphatic heterocycles. The molecule has 10 aromatic carbocycles. The fraction of sp³-hybridized carbons (Fsp3) is 0.130. The Kier molecular flexibility index (Phi) is 9.54. The molecule has 3 nitrogen and oxygen atoms in total. The monoisotopic (exact) mass is 1050 g/mol. The fourth-order valence-corrected chi connectivity index (χ4v) is 18.2. The Morgan fingerprint density at radius 2 is 0.803 bits per heavy atom. The van der Waals surface area contributed by atoms with Gasteiger partial charge in [-0.1, -0.05) is 192 Å². The van der Waals surface area contributed by atoms with Gasteiger partial charge in [0.05, 0.1) is 0 Å². The van der Waals surface area contributed by atoms with Gasteiger partial charge in [-0.15, -0.1) is 0 Å². The van der Waals surface area contributed by atoms with Crippen molar-refractivity contribution in [3.8, 4) is 67.5 Å². The predicted molar refractivity (Wildman–Crippen MR) is 315 cm³/mol. The molecule has 0 spiro atoms. The van der Waals surface area contributed by atoms with Crippen LogP contribution in [0.15, 0.2) is 227 Å². The molecule has 366 valence electrons. The second-order valence-electron chi connectivity index (χ2n) is 22.3. The minimum atomic E-state index is -0.306. The van der Waals surface area contributed by atoms with Crippen LogP contribution in [0.3, 0.4) is 0 Å². The average molecular weight is 1050 g/mol. The van der Waals surface area contributed by atoms with Crippen LogP contribution in [0.2, 0.25) is 0 Å². The number of hydrogen-bond acceptors (Lipinski definition) is 7. The molecule has 0 saturated carbocycles. The van der Waals surface area contributed by atoms with Crippen molar-refractivity contribution in [3.05, 3.63) is 221 Å². The first-order valence-electron chi connectivity index (χ1n) is 26.1. The minimum absolute atomic E-state index is 0.0504. The molecule has 0 atom stereocenters. The van der Waals surface area contributed by atoms with E-state index in [0.717, 1.165) is 45.6 Å². The van der Waals surface area contributed by atoms with Gasteiger partial charge in [-0.2, -0.15) is 0 Å². The number of hydrogen-bond donors (Lipinski definition) is 0. The minimum Gasteiger partial charge on any atom is -0.449 e. The predicted octanol–water partition coefficient (Wildman–Crippen LogP) is 20.9. The molecule has 6 aliphatic rings. The third-order valence-electron chi connectivity index (χ3n) is 17.1. The maximum atomic E-state index is 6.73. The van der Waals surface area contributed by atoms with Crippen molar-refractivity contribution in [2.24, 2.45) is 0 Å². The van der Waals surface area contributed by atoms with Gasteiger partial charge in [-0.05, 0) is 146 Å². The van der Waals surface area contributed by atoms with Gasteiger partial charge in [0.25, 0.3) is 0 Å². The van der Waals surface area contributed by atoms with Crippen LogP contribution in [0.4, 0.5) is 17.1 Å². The molecule has 0 aromatic heterocycles. The van der Waals surface area contributed by atoms with Gasteiger partial charge in [0.15, 0.2) is 23.0 Å². The molecule has 0 unspecified atom stereocenters. The highest BCUT2D eigenvalue weighted by Crippen LogP contribution is 2.63. The highest BCUT2D eigenvalue weighted by atomic mass is 32.2. The summed E-state index contributed by atoms with van der Waals surface area (Å²) >= 11 is 7.68. The third kappa shape index (κ3) is 6.31. The summed E-state index contributed by atoms with van der Waals surface area (Å²) in [4.78, 5) is 13.2. The van der Waals surface area contributed by atoms with Crippen molar-refractivity contribution in [3.63, 3.8) is 0 Å². The summed E-state index contributed by atoms with van der Waals surface area (Å²) in [7, 11) is 0. The Hall–Kier alpha value is -7.00. The van der Waals surface area contributed by atoms with Gasteiger partial charge < -0.3 is 14.4 Å². The van der Waals surface area contributed by atoms with Crippen LogP contribution in [-0.2, 0) is 16.2 Å². The average Bonchev–Trinajstić information content (AvgIpc) is 4.15. The van der Waals surface area contributed by atoms with Gasteiger partial charge in [0.2, 0.25) is 0 Å². The van der Waals surface area contributed by atoms with E-state index in [2.05, 4.69) is 210 Å². The SMILES string of the molecule is CC1(C)c2cc(N(c3ccc(-c4cccc5c4Sc4c(ccc6c4-c4ccccc4C6(C)C)S5)cc3)c3ccc4c(c3)C(C)(C)c3ccc5c(c3-4)Sc3ccccc3S5)ccc2-c2c1ccc1c2Oc2ccccc2O1. The Balaban J connectivity index is 0.824. The number of nitrogens with zero attached hydrogens (tertiary/aromatic N) is 1. The smallest absolute Gasteiger partial charge is 0.178 e. The van der Waals surface area contributed by atoms with Gasteiger partial charge >= 0.3 is 0 Å². The lowest BCUT2D eigenvalue weighted by Crippen LogP contribution is -2.18. The van der Waals surface area contributed by atoms with Crippen LogP contribution < -0.4 is 14.4 Å². The second kappa shape index (κ2) is 16.0. The lowest BCUT2D eigenvalue weighted by Gasteiger charge is -2.30. The maximum Gasteiger partial charge on any atom is 0.178 e. The van der Waals surface area contributed by atoms with E-state index >= 15 is 0 Å². The zero-order valence-electron chi connectivity index (χ0n) is 42.8.